The molecule has 2 rings (SSSR count). The van der Waals surface area contributed by atoms with E-state index in [4.69, 9.17) is 5.11 Å². The molecular weight excluding hydrogens is 254 g/mol. The van der Waals surface area contributed by atoms with Gasteiger partial charge in [0.15, 0.2) is 0 Å². The second kappa shape index (κ2) is 6.77. The van der Waals surface area contributed by atoms with Crippen molar-refractivity contribution in [1.29, 1.82) is 0 Å². The Morgan fingerprint density at radius 3 is 2.55 bits per heavy atom. The molecule has 1 N–H and O–H groups in total. The standard InChI is InChI=1S/C15H17N3O2/c1-2-18(10-12-6-3-4-9-16-12)11-13-7-5-8-14(17-13)15(19)20/h3-9H,2,10-11H2,1H3,(H,19,20). The number of carbonyl (C=O) groups is 1. The summed E-state index contributed by atoms with van der Waals surface area (Å²) in [5.41, 5.74) is 1.82. The summed E-state index contributed by atoms with van der Waals surface area (Å²) in [4.78, 5) is 21.5. The van der Waals surface area contributed by atoms with Crippen molar-refractivity contribution in [1.82, 2.24) is 14.9 Å². The number of aromatic carboxylic acids is 1. The van der Waals surface area contributed by atoms with Crippen molar-refractivity contribution in [3.8, 4) is 0 Å². The Labute approximate surface area is 117 Å². The molecule has 2 heterocycles. The number of nitrogens with zero attached hydrogens (tertiary/aromatic N) is 3. The molecule has 0 bridgehead atoms. The lowest BCUT2D eigenvalue weighted by molar-refractivity contribution is 0.0690. The summed E-state index contributed by atoms with van der Waals surface area (Å²) >= 11 is 0. The van der Waals surface area contributed by atoms with E-state index in [0.29, 0.717) is 6.54 Å². The summed E-state index contributed by atoms with van der Waals surface area (Å²) in [6, 6.07) is 10.9. The molecule has 0 aliphatic heterocycles. The molecule has 0 saturated heterocycles. The third-order valence-corrected chi connectivity index (χ3v) is 2.97. The van der Waals surface area contributed by atoms with Gasteiger partial charge < -0.3 is 5.11 Å². The molecule has 5 heteroatoms. The molecular formula is C15H17N3O2. The van der Waals surface area contributed by atoms with Gasteiger partial charge in [-0.2, -0.15) is 0 Å². The van der Waals surface area contributed by atoms with Gasteiger partial charge in [0.25, 0.3) is 0 Å². The highest BCUT2D eigenvalue weighted by Crippen LogP contribution is 2.07. The Morgan fingerprint density at radius 1 is 1.15 bits per heavy atom. The smallest absolute Gasteiger partial charge is 0.354 e. The van der Waals surface area contributed by atoms with Gasteiger partial charge in [-0.25, -0.2) is 9.78 Å². The quantitative estimate of drug-likeness (QED) is 0.872. The first-order valence-electron chi connectivity index (χ1n) is 6.50. The van der Waals surface area contributed by atoms with Gasteiger partial charge in [-0.15, -0.1) is 0 Å². The fraction of sp³-hybridized carbons (Fsp3) is 0.267. The van der Waals surface area contributed by atoms with Gasteiger partial charge in [0.05, 0.1) is 11.4 Å². The molecule has 0 spiro atoms. The molecule has 0 fully saturated rings. The largest absolute Gasteiger partial charge is 0.477 e. The summed E-state index contributed by atoms with van der Waals surface area (Å²) < 4.78 is 0. The predicted molar refractivity (Wildman–Crippen MR) is 75.2 cm³/mol. The summed E-state index contributed by atoms with van der Waals surface area (Å²) in [5, 5.41) is 8.95. The number of carboxylic acid groups (broad SMARTS) is 1. The number of aromatic nitrogens is 2. The lowest BCUT2D eigenvalue weighted by Crippen LogP contribution is -2.23. The SMILES string of the molecule is CCN(Cc1ccccn1)Cc1cccc(C(=O)O)n1. The fourth-order valence-corrected chi connectivity index (χ4v) is 1.92. The number of hydrogen-bond donors (Lipinski definition) is 1. The van der Waals surface area contributed by atoms with Crippen molar-refractivity contribution in [3.63, 3.8) is 0 Å². The molecule has 2 aromatic heterocycles. The molecule has 0 aromatic carbocycles. The minimum Gasteiger partial charge on any atom is -0.477 e. The molecule has 5 nitrogen and oxygen atoms in total. The Morgan fingerprint density at radius 2 is 1.90 bits per heavy atom. The number of hydrogen-bond acceptors (Lipinski definition) is 4. The molecule has 0 amide bonds. The van der Waals surface area contributed by atoms with E-state index in [1.165, 1.54) is 6.07 Å². The number of rotatable bonds is 6. The Kier molecular flexibility index (Phi) is 4.79. The van der Waals surface area contributed by atoms with Crippen LogP contribution in [0.25, 0.3) is 0 Å². The second-order valence-electron chi connectivity index (χ2n) is 4.44. The van der Waals surface area contributed by atoms with Gasteiger partial charge in [-0.3, -0.25) is 9.88 Å². The first kappa shape index (κ1) is 14.1. The van der Waals surface area contributed by atoms with E-state index in [-0.39, 0.29) is 5.69 Å². The van der Waals surface area contributed by atoms with E-state index >= 15 is 0 Å². The van der Waals surface area contributed by atoms with Crippen molar-refractivity contribution in [3.05, 3.63) is 59.7 Å². The van der Waals surface area contributed by atoms with Gasteiger partial charge in [0, 0.05) is 19.3 Å². The van der Waals surface area contributed by atoms with Crippen LogP contribution in [0.4, 0.5) is 0 Å². The van der Waals surface area contributed by atoms with Crippen LogP contribution in [0, 0.1) is 0 Å². The predicted octanol–water partition coefficient (Wildman–Crippen LogP) is 2.20. The first-order valence-corrected chi connectivity index (χ1v) is 6.50. The average molecular weight is 271 g/mol. The Balaban J connectivity index is 2.06. The van der Waals surface area contributed by atoms with Crippen molar-refractivity contribution < 1.29 is 9.90 Å². The van der Waals surface area contributed by atoms with E-state index in [9.17, 15) is 4.79 Å². The van der Waals surface area contributed by atoms with Crippen molar-refractivity contribution in [2.24, 2.45) is 0 Å². The minimum atomic E-state index is -1.00. The lowest BCUT2D eigenvalue weighted by Gasteiger charge is -2.19. The Bertz CT molecular complexity index is 572. The van der Waals surface area contributed by atoms with Gasteiger partial charge in [-0.1, -0.05) is 19.1 Å². The second-order valence-corrected chi connectivity index (χ2v) is 4.44. The minimum absolute atomic E-state index is 0.0800. The van der Waals surface area contributed by atoms with Crippen LogP contribution in [0.2, 0.25) is 0 Å². The van der Waals surface area contributed by atoms with Gasteiger partial charge >= 0.3 is 5.97 Å². The maximum atomic E-state index is 10.9. The van der Waals surface area contributed by atoms with Crippen molar-refractivity contribution in [2.45, 2.75) is 20.0 Å². The Hall–Kier alpha value is -2.27. The molecule has 2 aromatic rings. The van der Waals surface area contributed by atoms with Crippen molar-refractivity contribution >= 4 is 5.97 Å². The van der Waals surface area contributed by atoms with E-state index in [2.05, 4.69) is 21.8 Å². The van der Waals surface area contributed by atoms with Crippen LogP contribution in [0.1, 0.15) is 28.8 Å². The fourth-order valence-electron chi connectivity index (χ4n) is 1.92. The van der Waals surface area contributed by atoms with Crippen LogP contribution in [-0.4, -0.2) is 32.5 Å². The monoisotopic (exact) mass is 271 g/mol. The highest BCUT2D eigenvalue weighted by atomic mass is 16.4. The van der Waals surface area contributed by atoms with Crippen LogP contribution in [0.3, 0.4) is 0 Å². The summed E-state index contributed by atoms with van der Waals surface area (Å²) in [5.74, 6) is -1.00. The van der Waals surface area contributed by atoms with Gasteiger partial charge in [-0.05, 0) is 30.8 Å². The van der Waals surface area contributed by atoms with Crippen molar-refractivity contribution in [2.75, 3.05) is 6.54 Å². The topological polar surface area (TPSA) is 66.3 Å². The maximum Gasteiger partial charge on any atom is 0.354 e. The molecule has 0 radical (unpaired) electrons. The highest BCUT2D eigenvalue weighted by molar-refractivity contribution is 5.85. The molecule has 0 aliphatic rings. The zero-order valence-electron chi connectivity index (χ0n) is 11.4. The molecule has 0 atom stereocenters. The maximum absolute atomic E-state index is 10.9. The van der Waals surface area contributed by atoms with E-state index < -0.39 is 5.97 Å². The zero-order valence-corrected chi connectivity index (χ0v) is 11.4. The van der Waals surface area contributed by atoms with Crippen LogP contribution in [0.5, 0.6) is 0 Å². The molecule has 0 aliphatic carbocycles. The van der Waals surface area contributed by atoms with E-state index in [1.807, 2.05) is 24.3 Å². The van der Waals surface area contributed by atoms with Gasteiger partial charge in [0.1, 0.15) is 5.69 Å². The summed E-state index contributed by atoms with van der Waals surface area (Å²) in [6.07, 6.45) is 1.77. The lowest BCUT2D eigenvalue weighted by atomic mass is 10.2. The van der Waals surface area contributed by atoms with Gasteiger partial charge in [0.2, 0.25) is 0 Å². The average Bonchev–Trinajstić information content (AvgIpc) is 2.48. The normalized spacial score (nSPS) is 10.7. The first-order chi connectivity index (χ1) is 9.69. The zero-order chi connectivity index (χ0) is 14.4. The van der Waals surface area contributed by atoms with Crippen LogP contribution < -0.4 is 0 Å². The van der Waals surface area contributed by atoms with E-state index in [0.717, 1.165) is 24.5 Å². The third-order valence-electron chi connectivity index (χ3n) is 2.97. The van der Waals surface area contributed by atoms with Crippen LogP contribution in [-0.2, 0) is 13.1 Å². The number of carboxylic acids is 1. The third kappa shape index (κ3) is 3.86. The van der Waals surface area contributed by atoms with E-state index in [1.54, 1.807) is 12.3 Å². The van der Waals surface area contributed by atoms with Crippen LogP contribution >= 0.6 is 0 Å². The van der Waals surface area contributed by atoms with Crippen LogP contribution in [0.15, 0.2) is 42.6 Å². The number of pyridine rings is 2. The summed E-state index contributed by atoms with van der Waals surface area (Å²) in [6.45, 7) is 4.23. The molecule has 20 heavy (non-hydrogen) atoms. The summed E-state index contributed by atoms with van der Waals surface area (Å²) in [7, 11) is 0. The molecule has 0 saturated carbocycles. The highest BCUT2D eigenvalue weighted by Gasteiger charge is 2.09. The molecule has 104 valence electrons. The molecule has 0 unspecified atom stereocenters.